The first kappa shape index (κ1) is 12.8. The van der Waals surface area contributed by atoms with Crippen LogP contribution in [0.3, 0.4) is 0 Å². The van der Waals surface area contributed by atoms with Crippen molar-refractivity contribution in [3.8, 4) is 0 Å². The molecule has 0 spiro atoms. The van der Waals surface area contributed by atoms with Crippen molar-refractivity contribution in [1.29, 1.82) is 0 Å². The first-order chi connectivity index (χ1) is 9.81. The molecule has 1 aromatic rings. The van der Waals surface area contributed by atoms with Gasteiger partial charge in [-0.25, -0.2) is 0 Å². The van der Waals surface area contributed by atoms with E-state index < -0.39 is 0 Å². The van der Waals surface area contributed by atoms with E-state index in [4.69, 9.17) is 4.52 Å². The molecule has 1 aliphatic carbocycles. The Morgan fingerprint density at radius 1 is 1.20 bits per heavy atom. The minimum Gasteiger partial charge on any atom is -0.361 e. The summed E-state index contributed by atoms with van der Waals surface area (Å²) in [5.41, 5.74) is 2.57. The molecule has 4 heteroatoms. The van der Waals surface area contributed by atoms with Crippen LogP contribution in [0.25, 0.3) is 0 Å². The molecule has 3 heterocycles. The lowest BCUT2D eigenvalue weighted by Gasteiger charge is -2.36. The van der Waals surface area contributed by atoms with E-state index in [1.165, 1.54) is 49.8 Å². The minimum absolute atomic E-state index is 0.666. The standard InChI is InChI=1S/C16H25N3O/c1-19-12-6-7-13(19)9-11(8-12)17-10-15-14-4-2-3-5-16(14)20-18-15/h11-13,17H,2-10H2,1H3/t12-,13-/m0/s1. The molecule has 20 heavy (non-hydrogen) atoms. The van der Waals surface area contributed by atoms with Crippen LogP contribution < -0.4 is 5.32 Å². The molecule has 0 aromatic carbocycles. The number of fused-ring (bicyclic) bond motifs is 3. The van der Waals surface area contributed by atoms with Crippen LogP contribution >= 0.6 is 0 Å². The van der Waals surface area contributed by atoms with Crippen LogP contribution in [0.1, 0.15) is 55.5 Å². The number of nitrogens with one attached hydrogen (secondary N) is 1. The van der Waals surface area contributed by atoms with Crippen molar-refractivity contribution in [2.45, 2.75) is 76.0 Å². The summed E-state index contributed by atoms with van der Waals surface area (Å²) in [6, 6.07) is 2.27. The molecule has 2 aliphatic heterocycles. The third kappa shape index (κ3) is 2.19. The van der Waals surface area contributed by atoms with Crippen molar-refractivity contribution in [2.75, 3.05) is 7.05 Å². The number of rotatable bonds is 3. The molecule has 0 unspecified atom stereocenters. The maximum Gasteiger partial charge on any atom is 0.140 e. The van der Waals surface area contributed by atoms with Gasteiger partial charge in [0.15, 0.2) is 0 Å². The van der Waals surface area contributed by atoms with E-state index in [0.29, 0.717) is 6.04 Å². The van der Waals surface area contributed by atoms with Crippen LogP contribution in [0.5, 0.6) is 0 Å². The summed E-state index contributed by atoms with van der Waals surface area (Å²) in [5.74, 6) is 1.15. The zero-order chi connectivity index (χ0) is 13.5. The Balaban J connectivity index is 1.38. The monoisotopic (exact) mass is 275 g/mol. The third-order valence-corrected chi connectivity index (χ3v) is 5.69. The summed E-state index contributed by atoms with van der Waals surface area (Å²) in [5, 5.41) is 8.05. The Morgan fingerprint density at radius 3 is 2.75 bits per heavy atom. The topological polar surface area (TPSA) is 41.3 Å². The lowest BCUT2D eigenvalue weighted by molar-refractivity contribution is 0.148. The van der Waals surface area contributed by atoms with Gasteiger partial charge in [-0.15, -0.1) is 0 Å². The summed E-state index contributed by atoms with van der Waals surface area (Å²) < 4.78 is 5.50. The Bertz CT molecular complexity index is 470. The highest BCUT2D eigenvalue weighted by Crippen LogP contribution is 2.34. The summed E-state index contributed by atoms with van der Waals surface area (Å²) in [7, 11) is 2.30. The number of nitrogens with zero attached hydrogens (tertiary/aromatic N) is 2. The molecule has 0 amide bonds. The molecule has 2 atom stereocenters. The van der Waals surface area contributed by atoms with Crippen molar-refractivity contribution >= 4 is 0 Å². The molecule has 1 aromatic heterocycles. The first-order valence-corrected chi connectivity index (χ1v) is 8.23. The lowest BCUT2D eigenvalue weighted by atomic mass is 9.95. The Hall–Kier alpha value is -0.870. The van der Waals surface area contributed by atoms with Gasteiger partial charge in [0.1, 0.15) is 11.5 Å². The van der Waals surface area contributed by atoms with Crippen LogP contribution in [-0.4, -0.2) is 35.2 Å². The van der Waals surface area contributed by atoms with Gasteiger partial charge in [-0.3, -0.25) is 0 Å². The SMILES string of the molecule is CN1[C@H]2CC[C@H]1CC(NCc1noc3c1CCCC3)C2. The van der Waals surface area contributed by atoms with Gasteiger partial charge in [0.2, 0.25) is 0 Å². The largest absolute Gasteiger partial charge is 0.361 e. The maximum atomic E-state index is 5.50. The van der Waals surface area contributed by atoms with Gasteiger partial charge in [0.05, 0.1) is 0 Å². The highest BCUT2D eigenvalue weighted by Gasteiger charge is 2.38. The van der Waals surface area contributed by atoms with Crippen molar-refractivity contribution in [3.05, 3.63) is 17.0 Å². The maximum absolute atomic E-state index is 5.50. The average molecular weight is 275 g/mol. The van der Waals surface area contributed by atoms with Gasteiger partial charge in [-0.1, -0.05) is 5.16 Å². The molecular formula is C16H25N3O. The van der Waals surface area contributed by atoms with E-state index in [2.05, 4.69) is 22.4 Å². The van der Waals surface area contributed by atoms with E-state index in [-0.39, 0.29) is 0 Å². The highest BCUT2D eigenvalue weighted by atomic mass is 16.5. The van der Waals surface area contributed by atoms with E-state index in [9.17, 15) is 0 Å². The number of hydrogen-bond donors (Lipinski definition) is 1. The van der Waals surface area contributed by atoms with Crippen molar-refractivity contribution in [2.24, 2.45) is 0 Å². The number of aromatic nitrogens is 1. The third-order valence-electron chi connectivity index (χ3n) is 5.69. The Morgan fingerprint density at radius 2 is 1.95 bits per heavy atom. The van der Waals surface area contributed by atoms with E-state index in [1.807, 2.05) is 0 Å². The Kier molecular flexibility index (Phi) is 3.31. The molecule has 4 nitrogen and oxygen atoms in total. The molecular weight excluding hydrogens is 250 g/mol. The van der Waals surface area contributed by atoms with Crippen molar-refractivity contribution in [3.63, 3.8) is 0 Å². The molecule has 0 saturated carbocycles. The quantitative estimate of drug-likeness (QED) is 0.919. The van der Waals surface area contributed by atoms with Crippen LogP contribution in [-0.2, 0) is 19.4 Å². The Labute approximate surface area is 120 Å². The van der Waals surface area contributed by atoms with E-state index in [1.54, 1.807) is 0 Å². The van der Waals surface area contributed by atoms with Gasteiger partial charge < -0.3 is 14.7 Å². The fraction of sp³-hybridized carbons (Fsp3) is 0.812. The average Bonchev–Trinajstić information content (AvgIpc) is 2.95. The highest BCUT2D eigenvalue weighted by molar-refractivity contribution is 5.25. The number of aryl methyl sites for hydroxylation is 1. The van der Waals surface area contributed by atoms with Crippen molar-refractivity contribution < 1.29 is 4.52 Å². The second kappa shape index (κ2) is 5.15. The molecule has 0 radical (unpaired) electrons. The molecule has 2 fully saturated rings. The van der Waals surface area contributed by atoms with Gasteiger partial charge >= 0.3 is 0 Å². The predicted octanol–water partition coefficient (Wildman–Crippen LogP) is 2.27. The van der Waals surface area contributed by atoms with Gasteiger partial charge in [-0.05, 0) is 52.0 Å². The van der Waals surface area contributed by atoms with Gasteiger partial charge in [-0.2, -0.15) is 0 Å². The fourth-order valence-electron chi connectivity index (χ4n) is 4.41. The molecule has 3 aliphatic rings. The van der Waals surface area contributed by atoms with Crippen LogP contribution in [0.4, 0.5) is 0 Å². The summed E-state index contributed by atoms with van der Waals surface area (Å²) in [4.78, 5) is 2.59. The van der Waals surface area contributed by atoms with E-state index in [0.717, 1.165) is 37.2 Å². The fourth-order valence-corrected chi connectivity index (χ4v) is 4.41. The van der Waals surface area contributed by atoms with E-state index >= 15 is 0 Å². The first-order valence-electron chi connectivity index (χ1n) is 8.23. The number of hydrogen-bond acceptors (Lipinski definition) is 4. The van der Waals surface area contributed by atoms with Gasteiger partial charge in [0, 0.05) is 36.7 Å². The molecule has 2 bridgehead atoms. The lowest BCUT2D eigenvalue weighted by Crippen LogP contribution is -2.47. The van der Waals surface area contributed by atoms with Crippen LogP contribution in [0, 0.1) is 0 Å². The smallest absolute Gasteiger partial charge is 0.140 e. The second-order valence-electron chi connectivity index (χ2n) is 6.84. The summed E-state index contributed by atoms with van der Waals surface area (Å²) in [6.45, 7) is 0.895. The normalized spacial score (nSPS) is 33.4. The van der Waals surface area contributed by atoms with Crippen LogP contribution in [0.2, 0.25) is 0 Å². The zero-order valence-electron chi connectivity index (χ0n) is 12.4. The zero-order valence-corrected chi connectivity index (χ0v) is 12.4. The summed E-state index contributed by atoms with van der Waals surface area (Å²) in [6.07, 6.45) is 10.2. The van der Waals surface area contributed by atoms with Crippen LogP contribution in [0.15, 0.2) is 4.52 Å². The van der Waals surface area contributed by atoms with Gasteiger partial charge in [0.25, 0.3) is 0 Å². The number of piperidine rings is 1. The summed E-state index contributed by atoms with van der Waals surface area (Å²) >= 11 is 0. The molecule has 2 saturated heterocycles. The molecule has 1 N–H and O–H groups in total. The molecule has 110 valence electrons. The minimum atomic E-state index is 0.666. The predicted molar refractivity (Wildman–Crippen MR) is 77.6 cm³/mol. The molecule has 4 rings (SSSR count). The second-order valence-corrected chi connectivity index (χ2v) is 6.84. The van der Waals surface area contributed by atoms with Crippen molar-refractivity contribution in [1.82, 2.24) is 15.4 Å².